The fourth-order valence-electron chi connectivity index (χ4n) is 4.67. The van der Waals surface area contributed by atoms with Gasteiger partial charge in [-0.05, 0) is 80.8 Å². The average molecular weight is 696 g/mol. The van der Waals surface area contributed by atoms with Crippen LogP contribution in [0.1, 0.15) is 103 Å². The van der Waals surface area contributed by atoms with Gasteiger partial charge in [-0.15, -0.1) is 0 Å². The van der Waals surface area contributed by atoms with Gasteiger partial charge in [-0.3, -0.25) is 10.1 Å². The zero-order chi connectivity index (χ0) is 38.0. The molecule has 4 aromatic carbocycles. The summed E-state index contributed by atoms with van der Waals surface area (Å²) in [4.78, 5) is 10.8. The number of methoxy groups -OCH3 is 1. The first-order chi connectivity index (χ1) is 23.8. The normalized spacial score (nSPS) is 11.1. The third-order valence-electron chi connectivity index (χ3n) is 7.55. The summed E-state index contributed by atoms with van der Waals surface area (Å²) < 4.78 is 32.5. The number of nitro groups is 1. The number of hydrogen-bond donors (Lipinski definition) is 0. The van der Waals surface area contributed by atoms with Gasteiger partial charge in [0.25, 0.3) is 5.69 Å². The summed E-state index contributed by atoms with van der Waals surface area (Å²) in [5.74, 6) is 13.6. The highest BCUT2D eigenvalue weighted by molar-refractivity contribution is 7.91. The molecule has 0 saturated heterocycles. The predicted molar refractivity (Wildman–Crippen MR) is 208 cm³/mol. The Morgan fingerprint density at radius 1 is 0.700 bits per heavy atom. The lowest BCUT2D eigenvalue weighted by atomic mass is 9.80. The number of hydrogen-bond acceptors (Lipinski definition) is 5. The molecule has 4 rings (SSSR count). The number of ether oxygens (including phenoxy) is 1. The summed E-state index contributed by atoms with van der Waals surface area (Å²) in [7, 11) is -2.12. The van der Waals surface area contributed by atoms with Crippen molar-refractivity contribution in [3.05, 3.63) is 135 Å². The lowest BCUT2D eigenvalue weighted by Gasteiger charge is -2.22. The topological polar surface area (TPSA) is 86.5 Å². The summed E-state index contributed by atoms with van der Waals surface area (Å²) in [5, 5.41) is 10.2. The van der Waals surface area contributed by atoms with Crippen molar-refractivity contribution in [2.75, 3.05) is 7.11 Å². The molecule has 0 spiro atoms. The molecule has 6 nitrogen and oxygen atoms in total. The van der Waals surface area contributed by atoms with Gasteiger partial charge in [0, 0.05) is 24.1 Å². The lowest BCUT2D eigenvalue weighted by Crippen LogP contribution is -2.19. The van der Waals surface area contributed by atoms with Crippen molar-refractivity contribution in [2.24, 2.45) is 0 Å². The van der Waals surface area contributed by atoms with E-state index in [0.29, 0.717) is 11.3 Å². The van der Waals surface area contributed by atoms with Gasteiger partial charge in [0.1, 0.15) is 11.0 Å². The SMILES string of the molecule is CC.CC.CC.COc1ccc(C(CC#Cc2ccc(C(C)(C)C#CC(C)(C)c3ccc([N+](=O)[O-])cc3)cc2)S(=O)(=O)c2ccccc2)cc1. The minimum absolute atomic E-state index is 0.0510. The average Bonchev–Trinajstić information content (AvgIpc) is 3.15. The Labute approximate surface area is 301 Å². The highest BCUT2D eigenvalue weighted by Gasteiger charge is 2.28. The van der Waals surface area contributed by atoms with Gasteiger partial charge in [0.05, 0.1) is 27.8 Å². The Morgan fingerprint density at radius 2 is 1.16 bits per heavy atom. The second-order valence-electron chi connectivity index (χ2n) is 11.5. The van der Waals surface area contributed by atoms with E-state index in [9.17, 15) is 18.5 Å². The van der Waals surface area contributed by atoms with Crippen molar-refractivity contribution in [1.82, 2.24) is 0 Å². The molecular weight excluding hydrogens is 643 g/mol. The summed E-state index contributed by atoms with van der Waals surface area (Å²) in [6.45, 7) is 20.1. The van der Waals surface area contributed by atoms with E-state index in [1.807, 2.05) is 93.5 Å². The fourth-order valence-corrected chi connectivity index (χ4v) is 6.36. The van der Waals surface area contributed by atoms with Gasteiger partial charge in [-0.2, -0.15) is 0 Å². The number of nitro benzene ring substituents is 1. The Hall–Kier alpha value is -4.85. The molecule has 0 aliphatic heterocycles. The number of sulfone groups is 1. The van der Waals surface area contributed by atoms with Gasteiger partial charge in [0.15, 0.2) is 9.84 Å². The molecule has 7 heteroatoms. The Bertz CT molecular complexity index is 1840. The van der Waals surface area contributed by atoms with Gasteiger partial charge in [-0.1, -0.05) is 120 Å². The van der Waals surface area contributed by atoms with E-state index >= 15 is 0 Å². The molecule has 1 unspecified atom stereocenters. The summed E-state index contributed by atoms with van der Waals surface area (Å²) >= 11 is 0. The van der Waals surface area contributed by atoms with E-state index in [0.717, 1.165) is 16.7 Å². The molecule has 0 amide bonds. The summed E-state index contributed by atoms with van der Waals surface area (Å²) in [6, 6.07) is 29.8. The van der Waals surface area contributed by atoms with Crippen LogP contribution in [-0.4, -0.2) is 20.5 Å². The maximum atomic E-state index is 13.6. The monoisotopic (exact) mass is 695 g/mol. The molecule has 0 aliphatic carbocycles. The predicted octanol–water partition coefficient (Wildman–Crippen LogP) is 10.9. The third kappa shape index (κ3) is 11.9. The zero-order valence-corrected chi connectivity index (χ0v) is 32.3. The van der Waals surface area contributed by atoms with E-state index in [1.165, 1.54) is 12.1 Å². The van der Waals surface area contributed by atoms with Gasteiger partial charge in [-0.25, -0.2) is 8.42 Å². The molecule has 0 heterocycles. The van der Waals surface area contributed by atoms with Gasteiger partial charge >= 0.3 is 0 Å². The highest BCUT2D eigenvalue weighted by atomic mass is 32.2. The molecule has 50 heavy (non-hydrogen) atoms. The van der Waals surface area contributed by atoms with Crippen LogP contribution in [-0.2, 0) is 20.7 Å². The molecule has 0 bridgehead atoms. The van der Waals surface area contributed by atoms with E-state index in [2.05, 4.69) is 23.7 Å². The molecule has 0 saturated carbocycles. The first kappa shape index (κ1) is 43.2. The van der Waals surface area contributed by atoms with Crippen LogP contribution in [0.4, 0.5) is 5.69 Å². The molecule has 0 aromatic heterocycles. The molecule has 0 N–H and O–H groups in total. The number of nitrogens with zero attached hydrogens (tertiary/aromatic N) is 1. The Kier molecular flexibility index (Phi) is 17.8. The second kappa shape index (κ2) is 20.6. The molecule has 0 fully saturated rings. The van der Waals surface area contributed by atoms with Crippen LogP contribution in [0.2, 0.25) is 0 Å². The van der Waals surface area contributed by atoms with E-state index in [1.54, 1.807) is 73.8 Å². The van der Waals surface area contributed by atoms with Crippen LogP contribution in [0.3, 0.4) is 0 Å². The van der Waals surface area contributed by atoms with Crippen molar-refractivity contribution >= 4 is 15.5 Å². The van der Waals surface area contributed by atoms with Crippen LogP contribution in [0.5, 0.6) is 5.75 Å². The first-order valence-electron chi connectivity index (χ1n) is 17.1. The van der Waals surface area contributed by atoms with Crippen LogP contribution in [0.25, 0.3) is 0 Å². The molecule has 4 aromatic rings. The smallest absolute Gasteiger partial charge is 0.269 e. The van der Waals surface area contributed by atoms with Crippen molar-refractivity contribution in [3.63, 3.8) is 0 Å². The third-order valence-corrected chi connectivity index (χ3v) is 9.67. The van der Waals surface area contributed by atoms with E-state index < -0.39 is 30.8 Å². The Balaban J connectivity index is 0.00000197. The quantitative estimate of drug-likeness (QED) is 0.104. The summed E-state index contributed by atoms with van der Waals surface area (Å²) in [6.07, 6.45) is 0.125. The van der Waals surface area contributed by atoms with Crippen LogP contribution >= 0.6 is 0 Å². The van der Waals surface area contributed by atoms with Crippen molar-refractivity contribution in [2.45, 2.75) is 96.6 Å². The van der Waals surface area contributed by atoms with E-state index in [-0.39, 0.29) is 17.0 Å². The number of rotatable bonds is 8. The van der Waals surface area contributed by atoms with Crippen molar-refractivity contribution in [1.29, 1.82) is 0 Å². The standard InChI is InChI=1S/C37H35NO5S.3C2H6/c1-36(2,26-27-37(3,4)31-20-22-32(23-21-31)38(39)40)30-18-14-28(15-19-30)10-9-13-35(29-16-24-33(43-5)25-17-29)44(41,42)34-11-7-6-8-12-34;3*1-2/h6-8,11-12,14-25,35H,13H2,1-5H3;3*1-2H3. The lowest BCUT2D eigenvalue weighted by molar-refractivity contribution is -0.384. The minimum Gasteiger partial charge on any atom is -0.497 e. The number of non-ortho nitro benzene ring substituents is 1. The Morgan fingerprint density at radius 3 is 1.60 bits per heavy atom. The molecule has 266 valence electrons. The maximum absolute atomic E-state index is 13.6. The molecule has 0 radical (unpaired) electrons. The second-order valence-corrected chi connectivity index (χ2v) is 13.6. The van der Waals surface area contributed by atoms with Crippen molar-refractivity contribution in [3.8, 4) is 29.4 Å². The van der Waals surface area contributed by atoms with Gasteiger partial charge in [0.2, 0.25) is 0 Å². The number of benzene rings is 4. The maximum Gasteiger partial charge on any atom is 0.269 e. The summed E-state index contributed by atoms with van der Waals surface area (Å²) in [5.41, 5.74) is 2.42. The van der Waals surface area contributed by atoms with Crippen LogP contribution in [0.15, 0.2) is 108 Å². The van der Waals surface area contributed by atoms with E-state index in [4.69, 9.17) is 4.74 Å². The first-order valence-corrected chi connectivity index (χ1v) is 18.7. The fraction of sp³-hybridized carbons (Fsp3) is 0.349. The zero-order valence-electron chi connectivity index (χ0n) is 31.5. The van der Waals surface area contributed by atoms with Crippen molar-refractivity contribution < 1.29 is 18.1 Å². The van der Waals surface area contributed by atoms with Gasteiger partial charge < -0.3 is 4.74 Å². The van der Waals surface area contributed by atoms with Crippen LogP contribution < -0.4 is 4.74 Å². The highest BCUT2D eigenvalue weighted by Crippen LogP contribution is 2.33. The minimum atomic E-state index is -3.69. The largest absolute Gasteiger partial charge is 0.497 e. The molecule has 0 aliphatic rings. The van der Waals surface area contributed by atoms with Crippen LogP contribution in [0, 0.1) is 33.8 Å². The molecular formula is C43H53NO5S. The molecule has 1 atom stereocenters.